The predicted molar refractivity (Wildman–Crippen MR) is 64.5 cm³/mol. The van der Waals surface area contributed by atoms with E-state index in [4.69, 9.17) is 9.84 Å². The smallest absolute Gasteiger partial charge is 0.350 e. The maximum Gasteiger partial charge on any atom is 0.350 e. The molecule has 0 radical (unpaired) electrons. The Balaban J connectivity index is 2.55. The van der Waals surface area contributed by atoms with E-state index in [1.807, 2.05) is 4.98 Å². The van der Waals surface area contributed by atoms with Crippen LogP contribution in [0, 0.1) is 11.8 Å². The first-order valence-corrected chi connectivity index (χ1v) is 5.72. The monoisotopic (exact) mass is 283 g/mol. The van der Waals surface area contributed by atoms with E-state index in [1.54, 1.807) is 0 Å². The van der Waals surface area contributed by atoms with Gasteiger partial charge in [-0.3, -0.25) is 9.55 Å². The molecule has 1 aromatic rings. The summed E-state index contributed by atoms with van der Waals surface area (Å²) in [6.07, 6.45) is -3.17. The number of aliphatic hydroxyl groups excluding tert-OH is 2. The first kappa shape index (κ1) is 14.4. The highest BCUT2D eigenvalue weighted by molar-refractivity contribution is 5.21. The Kier molecular flexibility index (Phi) is 3.74. The predicted octanol–water partition coefficient (Wildman–Crippen LogP) is -3.06. The molecule has 2 unspecified atom stereocenters. The van der Waals surface area contributed by atoms with E-state index < -0.39 is 42.0 Å². The molecule has 4 atom stereocenters. The normalized spacial score (nSPS) is 32.7. The molecule has 1 fully saturated rings. The lowest BCUT2D eigenvalue weighted by atomic mass is 9.94. The Hall–Kier alpha value is -1.99. The van der Waals surface area contributed by atoms with Crippen LogP contribution in [0.5, 0.6) is 0 Å². The Bertz CT molecular complexity index is 671. The number of H-pyrrole nitrogens is 1. The summed E-state index contributed by atoms with van der Waals surface area (Å²) in [6.45, 7) is 0.860. The number of hydrogen-bond acceptors (Lipinski definition) is 7. The number of nitrogens with zero attached hydrogens (tertiary/aromatic N) is 2. The number of aliphatic hydroxyl groups is 3. The lowest BCUT2D eigenvalue weighted by Gasteiger charge is -2.26. The van der Waals surface area contributed by atoms with E-state index in [-0.39, 0.29) is 0 Å². The second kappa shape index (κ2) is 5.18. The van der Waals surface area contributed by atoms with Gasteiger partial charge in [-0.15, -0.1) is 5.92 Å². The highest BCUT2D eigenvalue weighted by atomic mass is 16.6. The van der Waals surface area contributed by atoms with Gasteiger partial charge in [-0.2, -0.15) is 4.98 Å². The molecule has 0 bridgehead atoms. The third-order valence-electron chi connectivity index (χ3n) is 2.99. The summed E-state index contributed by atoms with van der Waals surface area (Å²) < 4.78 is 6.04. The molecule has 0 aliphatic carbocycles. The van der Waals surface area contributed by atoms with Crippen LogP contribution >= 0.6 is 0 Å². The van der Waals surface area contributed by atoms with E-state index in [0.29, 0.717) is 0 Å². The average molecular weight is 283 g/mol. The Morgan fingerprint density at radius 2 is 2.30 bits per heavy atom. The van der Waals surface area contributed by atoms with Crippen LogP contribution in [0.15, 0.2) is 15.9 Å². The zero-order valence-corrected chi connectivity index (χ0v) is 10.5. The fraction of sp³-hybridized carbons (Fsp3) is 0.545. The molecule has 9 heteroatoms. The topological polar surface area (TPSA) is 138 Å². The Morgan fingerprint density at radius 1 is 1.60 bits per heavy atom. The minimum absolute atomic E-state index is 0.573. The fourth-order valence-electron chi connectivity index (χ4n) is 2.05. The van der Waals surface area contributed by atoms with Crippen LogP contribution < -0.4 is 11.4 Å². The van der Waals surface area contributed by atoms with Gasteiger partial charge < -0.3 is 20.1 Å². The minimum atomic E-state index is -2.11. The molecular weight excluding hydrogens is 270 g/mol. The molecule has 0 aromatic carbocycles. The third kappa shape index (κ3) is 2.14. The minimum Gasteiger partial charge on any atom is -0.394 e. The number of hydrogen-bond donors (Lipinski definition) is 4. The van der Waals surface area contributed by atoms with Gasteiger partial charge in [0.25, 0.3) is 0 Å². The number of ether oxygens (including phenoxy) is 1. The molecule has 2 heterocycles. The number of aromatic nitrogens is 3. The maximum atomic E-state index is 11.7. The van der Waals surface area contributed by atoms with Crippen LogP contribution in [0.4, 0.5) is 0 Å². The van der Waals surface area contributed by atoms with Gasteiger partial charge in [0.15, 0.2) is 11.8 Å². The zero-order valence-electron chi connectivity index (χ0n) is 10.5. The van der Waals surface area contributed by atoms with Crippen molar-refractivity contribution in [1.29, 1.82) is 0 Å². The summed E-state index contributed by atoms with van der Waals surface area (Å²) in [5.41, 5.74) is -3.84. The summed E-state index contributed by atoms with van der Waals surface area (Å²) >= 11 is 0. The van der Waals surface area contributed by atoms with E-state index in [2.05, 4.69) is 16.8 Å². The number of nitrogens with one attached hydrogen (secondary N) is 1. The highest BCUT2D eigenvalue weighted by Gasteiger charge is 2.55. The van der Waals surface area contributed by atoms with Crippen molar-refractivity contribution in [3.8, 4) is 11.8 Å². The molecule has 9 nitrogen and oxygen atoms in total. The van der Waals surface area contributed by atoms with E-state index in [9.17, 15) is 19.8 Å². The molecule has 1 saturated heterocycles. The summed E-state index contributed by atoms with van der Waals surface area (Å²) in [4.78, 5) is 27.9. The second-order valence-corrected chi connectivity index (χ2v) is 4.24. The van der Waals surface area contributed by atoms with Crippen LogP contribution in [0.1, 0.15) is 13.2 Å². The lowest BCUT2D eigenvalue weighted by molar-refractivity contribution is -0.0771. The Morgan fingerprint density at radius 3 is 2.85 bits per heavy atom. The van der Waals surface area contributed by atoms with Gasteiger partial charge in [-0.25, -0.2) is 9.59 Å². The first-order chi connectivity index (χ1) is 9.43. The van der Waals surface area contributed by atoms with E-state index in [0.717, 1.165) is 10.9 Å². The maximum absolute atomic E-state index is 11.7. The van der Waals surface area contributed by atoms with Gasteiger partial charge in [0.05, 0.1) is 6.61 Å². The van der Waals surface area contributed by atoms with Crippen molar-refractivity contribution >= 4 is 0 Å². The van der Waals surface area contributed by atoms with Gasteiger partial charge in [-0.05, 0) is 6.92 Å². The van der Waals surface area contributed by atoms with Crippen molar-refractivity contribution in [1.82, 2.24) is 14.5 Å². The van der Waals surface area contributed by atoms with Gasteiger partial charge in [0, 0.05) is 0 Å². The molecule has 0 spiro atoms. The van der Waals surface area contributed by atoms with Crippen molar-refractivity contribution in [3.63, 3.8) is 0 Å². The molecule has 0 amide bonds. The average Bonchev–Trinajstić information content (AvgIpc) is 2.63. The van der Waals surface area contributed by atoms with Crippen molar-refractivity contribution in [2.75, 3.05) is 6.61 Å². The molecule has 4 N–H and O–H groups in total. The summed E-state index contributed by atoms with van der Waals surface area (Å²) in [5.74, 6) is 4.79. The first-order valence-electron chi connectivity index (χ1n) is 5.72. The molecule has 108 valence electrons. The van der Waals surface area contributed by atoms with Crippen LogP contribution in [0.25, 0.3) is 0 Å². The largest absolute Gasteiger partial charge is 0.394 e. The van der Waals surface area contributed by atoms with Crippen molar-refractivity contribution in [3.05, 3.63) is 27.3 Å². The summed E-state index contributed by atoms with van der Waals surface area (Å²) in [5, 5.41) is 29.5. The quantitative estimate of drug-likeness (QED) is 0.423. The van der Waals surface area contributed by atoms with Crippen molar-refractivity contribution < 1.29 is 20.1 Å². The van der Waals surface area contributed by atoms with E-state index in [1.165, 1.54) is 6.92 Å². The van der Waals surface area contributed by atoms with Crippen LogP contribution in [-0.4, -0.2) is 54.3 Å². The highest BCUT2D eigenvalue weighted by Crippen LogP contribution is 2.37. The van der Waals surface area contributed by atoms with Crippen molar-refractivity contribution in [2.45, 2.75) is 31.0 Å². The third-order valence-corrected chi connectivity index (χ3v) is 2.99. The molecular formula is C11H13N3O6. The fourth-order valence-corrected chi connectivity index (χ4v) is 2.05. The van der Waals surface area contributed by atoms with Gasteiger partial charge in [-0.1, -0.05) is 5.92 Å². The van der Waals surface area contributed by atoms with Crippen LogP contribution in [0.2, 0.25) is 0 Å². The molecule has 1 aromatic heterocycles. The lowest BCUT2D eigenvalue weighted by Crippen LogP contribution is -2.48. The van der Waals surface area contributed by atoms with Crippen LogP contribution in [0.3, 0.4) is 0 Å². The number of rotatable bonds is 2. The molecule has 1 aliphatic heterocycles. The van der Waals surface area contributed by atoms with Crippen molar-refractivity contribution in [2.24, 2.45) is 0 Å². The molecule has 0 saturated carbocycles. The van der Waals surface area contributed by atoms with Crippen LogP contribution in [-0.2, 0) is 4.74 Å². The summed E-state index contributed by atoms with van der Waals surface area (Å²) in [6, 6.07) is 0. The Labute approximate surface area is 112 Å². The molecule has 1 aliphatic rings. The standard InChI is InChI=1S/C11H13N3O6/c1-2-3-11(19)7(16)6(4-15)20-8(11)14-5-12-9(17)13-10(14)18/h5-8,15-16,19H,4H2,1H3,(H,13,17,18)/t6-,7?,8-,11?/m1/s1. The molecule has 2 rings (SSSR count). The van der Waals surface area contributed by atoms with E-state index >= 15 is 0 Å². The van der Waals surface area contributed by atoms with Gasteiger partial charge >= 0.3 is 11.4 Å². The van der Waals surface area contributed by atoms with Gasteiger partial charge in [0.1, 0.15) is 18.5 Å². The van der Waals surface area contributed by atoms with Gasteiger partial charge in [0.2, 0.25) is 0 Å². The number of aromatic amines is 1. The molecule has 20 heavy (non-hydrogen) atoms. The summed E-state index contributed by atoms with van der Waals surface area (Å²) in [7, 11) is 0. The second-order valence-electron chi connectivity index (χ2n) is 4.24. The zero-order chi connectivity index (χ0) is 14.9. The SMILES string of the molecule is CC#CC1(O)C(O)[C@@H](CO)O[C@H]1n1cnc(=O)[nH]c1=O.